The van der Waals surface area contributed by atoms with Gasteiger partial charge in [-0.3, -0.25) is 0 Å². The molecular weight excluding hydrogens is 649 g/mol. The third-order valence-corrected chi connectivity index (χ3v) is 16.6. The van der Waals surface area contributed by atoms with Crippen molar-refractivity contribution in [2.45, 2.75) is 92.4 Å². The second-order valence-electron chi connectivity index (χ2n) is 19.3. The lowest BCUT2D eigenvalue weighted by Crippen LogP contribution is -2.63. The minimum absolute atomic E-state index is 0.162. The second kappa shape index (κ2) is 12.0. The first kappa shape index (κ1) is 35.3. The van der Waals surface area contributed by atoms with E-state index < -0.39 is 0 Å². The first-order chi connectivity index (χ1) is 25.7. The van der Waals surface area contributed by atoms with Gasteiger partial charge >= 0.3 is 0 Å². The van der Waals surface area contributed by atoms with Crippen molar-refractivity contribution in [2.75, 3.05) is 0 Å². The van der Waals surface area contributed by atoms with Crippen molar-refractivity contribution in [1.29, 1.82) is 0 Å². The molecule has 0 heterocycles. The van der Waals surface area contributed by atoms with Crippen molar-refractivity contribution in [3.05, 3.63) is 189 Å². The van der Waals surface area contributed by atoms with Gasteiger partial charge in [0.1, 0.15) is 0 Å². The van der Waals surface area contributed by atoms with E-state index in [-0.39, 0.29) is 27.1 Å². The first-order valence-corrected chi connectivity index (χ1v) is 20.6. The highest BCUT2D eigenvalue weighted by atomic mass is 14.7. The lowest BCUT2D eigenvalue weighted by molar-refractivity contribution is -0.150. The Bertz CT molecular complexity index is 2300. The molecule has 7 aliphatic carbocycles. The normalized spacial score (nSPS) is 29.6. The maximum atomic E-state index is 4.30. The Morgan fingerprint density at radius 1 is 0.741 bits per heavy atom. The number of benzene rings is 3. The Hall–Kier alpha value is -4.42. The van der Waals surface area contributed by atoms with Crippen LogP contribution in [-0.2, 0) is 11.8 Å². The minimum Gasteiger partial charge on any atom is -0.0949 e. The number of hydrogen-bond acceptors (Lipinski definition) is 0. The quantitative estimate of drug-likeness (QED) is 0.249. The smallest absolute Gasteiger partial charge is 0.0428 e. The summed E-state index contributed by atoms with van der Waals surface area (Å²) in [5, 5.41) is 0. The zero-order valence-electron chi connectivity index (χ0n) is 33.9. The molecule has 0 bridgehead atoms. The van der Waals surface area contributed by atoms with Crippen molar-refractivity contribution in [3.63, 3.8) is 0 Å². The molecule has 0 aromatic heterocycles. The number of fused-ring (bicyclic) bond motifs is 8. The molecule has 0 amide bonds. The average molecular weight is 707 g/mol. The molecule has 274 valence electrons. The van der Waals surface area contributed by atoms with Crippen LogP contribution in [0, 0.1) is 33.5 Å². The van der Waals surface area contributed by atoms with Gasteiger partial charge in [0.15, 0.2) is 0 Å². The summed E-state index contributed by atoms with van der Waals surface area (Å²) in [5.41, 5.74) is 18.4. The summed E-state index contributed by atoms with van der Waals surface area (Å²) in [6, 6.07) is 28.8. The summed E-state index contributed by atoms with van der Waals surface area (Å²) in [6.07, 6.45) is 23.6. The highest BCUT2D eigenvalue weighted by Crippen LogP contribution is 2.74. The van der Waals surface area contributed by atoms with Crippen molar-refractivity contribution in [3.8, 4) is 0 Å². The van der Waals surface area contributed by atoms with E-state index in [4.69, 9.17) is 0 Å². The molecule has 0 saturated heterocycles. The maximum Gasteiger partial charge on any atom is 0.0428 e. The maximum absolute atomic E-state index is 4.30. The summed E-state index contributed by atoms with van der Waals surface area (Å²) >= 11 is 0. The third kappa shape index (κ3) is 4.68. The van der Waals surface area contributed by atoms with E-state index in [0.29, 0.717) is 17.8 Å². The van der Waals surface area contributed by atoms with Crippen LogP contribution in [0.5, 0.6) is 0 Å². The molecular formula is C54H58. The molecule has 1 fully saturated rings. The van der Waals surface area contributed by atoms with E-state index >= 15 is 0 Å². The summed E-state index contributed by atoms with van der Waals surface area (Å²) < 4.78 is 0. The highest BCUT2D eigenvalue weighted by molar-refractivity contribution is 5.92. The van der Waals surface area contributed by atoms with Gasteiger partial charge in [-0.2, -0.15) is 0 Å². The van der Waals surface area contributed by atoms with Crippen LogP contribution in [0.3, 0.4) is 0 Å². The molecule has 3 aromatic rings. The topological polar surface area (TPSA) is 0 Å². The van der Waals surface area contributed by atoms with Crippen LogP contribution >= 0.6 is 0 Å². The molecule has 0 N–H and O–H groups in total. The minimum atomic E-state index is -0.162. The van der Waals surface area contributed by atoms with E-state index in [1.807, 2.05) is 0 Å². The molecule has 0 heteroatoms. The van der Waals surface area contributed by atoms with E-state index in [0.717, 1.165) is 12.8 Å². The molecule has 54 heavy (non-hydrogen) atoms. The van der Waals surface area contributed by atoms with Crippen molar-refractivity contribution < 1.29 is 0 Å². The third-order valence-electron chi connectivity index (χ3n) is 16.6. The molecule has 4 unspecified atom stereocenters. The van der Waals surface area contributed by atoms with Gasteiger partial charge in [0.05, 0.1) is 0 Å². The van der Waals surface area contributed by atoms with Crippen molar-refractivity contribution >= 4 is 11.6 Å². The van der Waals surface area contributed by atoms with Crippen LogP contribution in [0.15, 0.2) is 161 Å². The van der Waals surface area contributed by atoms with Crippen LogP contribution in [0.2, 0.25) is 0 Å². The second-order valence-corrected chi connectivity index (χ2v) is 19.3. The van der Waals surface area contributed by atoms with Gasteiger partial charge in [0.25, 0.3) is 0 Å². The molecule has 0 aliphatic heterocycles. The number of rotatable bonds is 2. The van der Waals surface area contributed by atoms with Gasteiger partial charge < -0.3 is 0 Å². The van der Waals surface area contributed by atoms with Gasteiger partial charge in [-0.25, -0.2) is 0 Å². The monoisotopic (exact) mass is 706 g/mol. The van der Waals surface area contributed by atoms with Crippen LogP contribution < -0.4 is 0 Å². The van der Waals surface area contributed by atoms with E-state index in [9.17, 15) is 0 Å². The van der Waals surface area contributed by atoms with Crippen LogP contribution in [0.4, 0.5) is 0 Å². The molecule has 0 nitrogen and oxygen atoms in total. The fourth-order valence-corrected chi connectivity index (χ4v) is 12.1. The van der Waals surface area contributed by atoms with E-state index in [1.165, 1.54) is 57.4 Å². The molecule has 0 spiro atoms. The van der Waals surface area contributed by atoms with Crippen LogP contribution in [0.1, 0.15) is 108 Å². The SMILES string of the molecule is C=C1CC=C2C=CC(c3ccccc3)(C3C=Cc4ccccc43)C=C12.CC1(C)C2=C3Cc4ccccc4C3=C3C=CCCC3C2C(C)(C)C(C)(C)C1(C)C. The van der Waals surface area contributed by atoms with Gasteiger partial charge in [-0.05, 0) is 120 Å². The fraction of sp³-hybridized carbons (Fsp3) is 0.370. The summed E-state index contributed by atoms with van der Waals surface area (Å²) in [7, 11) is 0. The number of hydrogen-bond donors (Lipinski definition) is 0. The Labute approximate surface area is 325 Å². The predicted octanol–water partition coefficient (Wildman–Crippen LogP) is 14.1. The Morgan fingerprint density at radius 2 is 1.46 bits per heavy atom. The lowest BCUT2D eigenvalue weighted by Gasteiger charge is -2.70. The first-order valence-electron chi connectivity index (χ1n) is 20.6. The van der Waals surface area contributed by atoms with Gasteiger partial charge in [-0.15, -0.1) is 0 Å². The molecule has 10 rings (SSSR count). The van der Waals surface area contributed by atoms with Gasteiger partial charge in [0.2, 0.25) is 0 Å². The lowest BCUT2D eigenvalue weighted by atomic mass is 9.34. The Morgan fingerprint density at radius 3 is 2.26 bits per heavy atom. The van der Waals surface area contributed by atoms with Gasteiger partial charge in [0, 0.05) is 11.3 Å². The standard InChI is InChI=1S/C29H38.C25H20/c1-26(2)24-21-16-12-11-15-20(21)23-19-14-10-9-13-18(19)17-22(23)25(24)27(3,4)29(7,8)28(26,5)6;1-18-11-12-20-15-16-25(17-23(18)20,21-8-3-2-4-9-21)24-14-13-19-7-5-6-10-22(19)24/h9-11,13-15,21,24H,12,16-17H2,1-8H3;2-10,12-17,24H,1,11H2. The molecule has 0 radical (unpaired) electrons. The zero-order valence-corrected chi connectivity index (χ0v) is 33.9. The fourth-order valence-electron chi connectivity index (χ4n) is 12.1. The predicted molar refractivity (Wildman–Crippen MR) is 230 cm³/mol. The Kier molecular flexibility index (Phi) is 7.87. The molecule has 4 atom stereocenters. The van der Waals surface area contributed by atoms with Crippen molar-refractivity contribution in [2.24, 2.45) is 33.5 Å². The summed E-state index contributed by atoms with van der Waals surface area (Å²) in [6.45, 7) is 24.8. The number of allylic oxidation sites excluding steroid dienone is 14. The summed E-state index contributed by atoms with van der Waals surface area (Å²) in [5.74, 6) is 1.60. The average Bonchev–Trinajstić information content (AvgIpc) is 3.89. The van der Waals surface area contributed by atoms with Crippen molar-refractivity contribution in [1.82, 2.24) is 0 Å². The van der Waals surface area contributed by atoms with E-state index in [2.05, 4.69) is 189 Å². The molecule has 1 saturated carbocycles. The Balaban J connectivity index is 0.000000144. The molecule has 3 aromatic carbocycles. The van der Waals surface area contributed by atoms with E-state index in [1.54, 1.807) is 22.3 Å². The highest BCUT2D eigenvalue weighted by Gasteiger charge is 2.66. The largest absolute Gasteiger partial charge is 0.0949 e. The molecule has 7 aliphatic rings. The van der Waals surface area contributed by atoms with Crippen LogP contribution in [0.25, 0.3) is 11.6 Å². The van der Waals surface area contributed by atoms with Gasteiger partial charge in [-0.1, -0.05) is 195 Å². The zero-order chi connectivity index (χ0) is 37.8. The van der Waals surface area contributed by atoms with Crippen LogP contribution in [-0.4, -0.2) is 0 Å². The summed E-state index contributed by atoms with van der Waals surface area (Å²) in [4.78, 5) is 0.